The van der Waals surface area contributed by atoms with Gasteiger partial charge in [-0.15, -0.1) is 0 Å². The Labute approximate surface area is 159 Å². The molecule has 140 valence electrons. The van der Waals surface area contributed by atoms with Crippen molar-refractivity contribution in [1.29, 1.82) is 0 Å². The van der Waals surface area contributed by atoms with E-state index in [1.165, 1.54) is 0 Å². The Bertz CT molecular complexity index is 777. The van der Waals surface area contributed by atoms with Crippen molar-refractivity contribution < 1.29 is 13.2 Å². The molecule has 1 saturated carbocycles. The Kier molecular flexibility index (Phi) is 5.77. The van der Waals surface area contributed by atoms with Crippen LogP contribution in [0.4, 0.5) is 30.6 Å². The molecule has 0 bridgehead atoms. The minimum absolute atomic E-state index is 0.00481. The molecule has 0 atom stereocenters. The van der Waals surface area contributed by atoms with E-state index in [1.807, 2.05) is 0 Å². The van der Waals surface area contributed by atoms with E-state index in [2.05, 4.69) is 20.6 Å². The number of nitrogens with one attached hydrogen (secondary N) is 2. The van der Waals surface area contributed by atoms with E-state index >= 15 is 0 Å². The molecule has 1 aliphatic carbocycles. The van der Waals surface area contributed by atoms with E-state index in [9.17, 15) is 13.2 Å². The van der Waals surface area contributed by atoms with Crippen LogP contribution < -0.4 is 10.6 Å². The summed E-state index contributed by atoms with van der Waals surface area (Å²) < 4.78 is 39.6. The van der Waals surface area contributed by atoms with Gasteiger partial charge in [0.15, 0.2) is 5.69 Å². The Morgan fingerprint density at radius 1 is 1.04 bits per heavy atom. The molecule has 9 heteroatoms. The maximum absolute atomic E-state index is 13.2. The van der Waals surface area contributed by atoms with Crippen molar-refractivity contribution in [3.05, 3.63) is 40.0 Å². The van der Waals surface area contributed by atoms with Gasteiger partial charge in [0.05, 0.1) is 15.7 Å². The summed E-state index contributed by atoms with van der Waals surface area (Å²) in [6, 6.07) is 5.77. The van der Waals surface area contributed by atoms with Crippen molar-refractivity contribution >= 4 is 40.7 Å². The number of nitrogens with zero attached hydrogens (tertiary/aromatic N) is 2. The van der Waals surface area contributed by atoms with Gasteiger partial charge in [-0.05, 0) is 25.0 Å². The molecule has 0 radical (unpaired) electrons. The molecule has 1 fully saturated rings. The molecule has 1 aromatic heterocycles. The summed E-state index contributed by atoms with van der Waals surface area (Å²) >= 11 is 12.0. The maximum Gasteiger partial charge on any atom is 0.433 e. The highest BCUT2D eigenvalue weighted by molar-refractivity contribution is 6.43. The van der Waals surface area contributed by atoms with Gasteiger partial charge in [0.25, 0.3) is 0 Å². The molecule has 4 nitrogen and oxygen atoms in total. The lowest BCUT2D eigenvalue weighted by Crippen LogP contribution is -2.24. The van der Waals surface area contributed by atoms with Crippen LogP contribution in [0.25, 0.3) is 0 Å². The van der Waals surface area contributed by atoms with Crippen LogP contribution in [0.2, 0.25) is 10.0 Å². The molecule has 0 aliphatic heterocycles. The van der Waals surface area contributed by atoms with E-state index in [0.29, 0.717) is 10.7 Å². The van der Waals surface area contributed by atoms with Crippen LogP contribution in [-0.2, 0) is 6.18 Å². The average Bonchev–Trinajstić information content (AvgIpc) is 2.59. The fourth-order valence-electron chi connectivity index (χ4n) is 2.89. The van der Waals surface area contributed by atoms with Crippen molar-refractivity contribution in [2.24, 2.45) is 0 Å². The van der Waals surface area contributed by atoms with Gasteiger partial charge in [-0.2, -0.15) is 18.2 Å². The van der Waals surface area contributed by atoms with Crippen LogP contribution in [-0.4, -0.2) is 16.0 Å². The van der Waals surface area contributed by atoms with Gasteiger partial charge >= 0.3 is 6.18 Å². The summed E-state index contributed by atoms with van der Waals surface area (Å²) in [4.78, 5) is 7.81. The molecule has 2 aromatic rings. The molecule has 1 aromatic carbocycles. The van der Waals surface area contributed by atoms with E-state index in [0.717, 1.165) is 38.2 Å². The fourth-order valence-corrected chi connectivity index (χ4v) is 3.24. The third kappa shape index (κ3) is 4.71. The number of rotatable bonds is 4. The topological polar surface area (TPSA) is 49.8 Å². The normalized spacial score (nSPS) is 15.7. The van der Waals surface area contributed by atoms with Crippen molar-refractivity contribution in [2.75, 3.05) is 10.6 Å². The van der Waals surface area contributed by atoms with Gasteiger partial charge in [-0.3, -0.25) is 0 Å². The van der Waals surface area contributed by atoms with Gasteiger partial charge < -0.3 is 10.6 Å². The minimum atomic E-state index is -4.58. The smallest absolute Gasteiger partial charge is 0.351 e. The largest absolute Gasteiger partial charge is 0.433 e. The summed E-state index contributed by atoms with van der Waals surface area (Å²) in [5, 5.41) is 6.32. The van der Waals surface area contributed by atoms with Gasteiger partial charge in [0, 0.05) is 12.1 Å². The minimum Gasteiger partial charge on any atom is -0.351 e. The zero-order valence-corrected chi connectivity index (χ0v) is 15.2. The van der Waals surface area contributed by atoms with Gasteiger partial charge in [-0.1, -0.05) is 48.5 Å². The number of anilines is 3. The lowest BCUT2D eigenvalue weighted by molar-refractivity contribution is -0.141. The highest BCUT2D eigenvalue weighted by Gasteiger charge is 2.34. The zero-order valence-electron chi connectivity index (χ0n) is 13.7. The average molecular weight is 405 g/mol. The predicted octanol–water partition coefficient (Wildman–Crippen LogP) is 6.29. The SMILES string of the molecule is FC(F)(F)c1cc(Nc2cccc(Cl)c2Cl)nc(NC2CCCCC2)n1. The van der Waals surface area contributed by atoms with Crippen molar-refractivity contribution in [1.82, 2.24) is 9.97 Å². The van der Waals surface area contributed by atoms with E-state index < -0.39 is 11.9 Å². The summed E-state index contributed by atoms with van der Waals surface area (Å²) in [5.41, 5.74) is -0.652. The number of aromatic nitrogens is 2. The summed E-state index contributed by atoms with van der Waals surface area (Å²) in [6.07, 6.45) is 0.423. The molecule has 1 heterocycles. The highest BCUT2D eigenvalue weighted by Crippen LogP contribution is 2.34. The monoisotopic (exact) mass is 404 g/mol. The number of halogens is 5. The molecule has 0 unspecified atom stereocenters. The third-order valence-corrected chi connectivity index (χ3v) is 4.99. The second-order valence-electron chi connectivity index (χ2n) is 6.17. The summed E-state index contributed by atoms with van der Waals surface area (Å²) in [7, 11) is 0. The molecular formula is C17H17Cl2F3N4. The van der Waals surface area contributed by atoms with Gasteiger partial charge in [0.1, 0.15) is 5.82 Å². The Hall–Kier alpha value is -1.73. The number of hydrogen-bond donors (Lipinski definition) is 2. The van der Waals surface area contributed by atoms with E-state index in [-0.39, 0.29) is 22.8 Å². The highest BCUT2D eigenvalue weighted by atomic mass is 35.5. The molecule has 0 spiro atoms. The Morgan fingerprint density at radius 2 is 1.77 bits per heavy atom. The molecule has 0 amide bonds. The fraction of sp³-hybridized carbons (Fsp3) is 0.412. The quantitative estimate of drug-likeness (QED) is 0.628. The lowest BCUT2D eigenvalue weighted by Gasteiger charge is -2.23. The van der Waals surface area contributed by atoms with Gasteiger partial charge in [0.2, 0.25) is 5.95 Å². The van der Waals surface area contributed by atoms with E-state index in [4.69, 9.17) is 23.2 Å². The first kappa shape index (κ1) is 19.0. The van der Waals surface area contributed by atoms with Crippen molar-refractivity contribution in [3.8, 4) is 0 Å². The zero-order chi connectivity index (χ0) is 18.7. The Balaban J connectivity index is 1.90. The van der Waals surface area contributed by atoms with Gasteiger partial charge in [-0.25, -0.2) is 4.98 Å². The van der Waals surface area contributed by atoms with Crippen LogP contribution in [0.15, 0.2) is 24.3 Å². The summed E-state index contributed by atoms with van der Waals surface area (Å²) in [6.45, 7) is 0. The summed E-state index contributed by atoms with van der Waals surface area (Å²) in [5.74, 6) is -0.0535. The molecule has 2 N–H and O–H groups in total. The van der Waals surface area contributed by atoms with Crippen LogP contribution in [0.1, 0.15) is 37.8 Å². The Morgan fingerprint density at radius 3 is 2.46 bits per heavy atom. The number of benzene rings is 1. The lowest BCUT2D eigenvalue weighted by atomic mass is 9.96. The predicted molar refractivity (Wildman–Crippen MR) is 97.3 cm³/mol. The molecule has 1 aliphatic rings. The van der Waals surface area contributed by atoms with Crippen molar-refractivity contribution in [3.63, 3.8) is 0 Å². The molecule has 26 heavy (non-hydrogen) atoms. The van der Waals surface area contributed by atoms with Crippen LogP contribution in [0.3, 0.4) is 0 Å². The molecular weight excluding hydrogens is 388 g/mol. The first-order chi connectivity index (χ1) is 12.3. The second-order valence-corrected chi connectivity index (χ2v) is 6.95. The third-order valence-electron chi connectivity index (χ3n) is 4.17. The maximum atomic E-state index is 13.2. The van der Waals surface area contributed by atoms with E-state index in [1.54, 1.807) is 18.2 Å². The van der Waals surface area contributed by atoms with Crippen LogP contribution >= 0.6 is 23.2 Å². The van der Waals surface area contributed by atoms with Crippen LogP contribution in [0.5, 0.6) is 0 Å². The first-order valence-electron chi connectivity index (χ1n) is 8.27. The number of hydrogen-bond acceptors (Lipinski definition) is 4. The van der Waals surface area contributed by atoms with Crippen molar-refractivity contribution in [2.45, 2.75) is 44.3 Å². The second kappa shape index (κ2) is 7.88. The first-order valence-corrected chi connectivity index (χ1v) is 9.02. The molecule has 0 saturated heterocycles. The van der Waals surface area contributed by atoms with Crippen LogP contribution in [0, 0.1) is 0 Å². The standard InChI is InChI=1S/C17H17Cl2F3N4/c18-11-7-4-8-12(15(11)19)24-14-9-13(17(20,21)22)25-16(26-14)23-10-5-2-1-3-6-10/h4,7-10H,1-3,5-6H2,(H2,23,24,25,26). The number of alkyl halides is 3. The molecule has 3 rings (SSSR count).